The Labute approximate surface area is 230 Å². The van der Waals surface area contributed by atoms with Gasteiger partial charge in [-0.05, 0) is 65.8 Å². The van der Waals surface area contributed by atoms with Crippen LogP contribution in [-0.2, 0) is 28.9 Å². The molecule has 0 spiro atoms. The third kappa shape index (κ3) is 10.0. The molecule has 0 fully saturated rings. The Bertz CT molecular complexity index is 1190. The highest BCUT2D eigenvalue weighted by molar-refractivity contribution is 5.77. The molecule has 2 N–H and O–H groups in total. The van der Waals surface area contributed by atoms with E-state index in [1.54, 1.807) is 0 Å². The molecule has 4 rings (SSSR count). The van der Waals surface area contributed by atoms with Crippen LogP contribution in [0.15, 0.2) is 109 Å². The molecule has 0 radical (unpaired) electrons. The molecule has 0 aliphatic heterocycles. The van der Waals surface area contributed by atoms with Gasteiger partial charge in [0.2, 0.25) is 0 Å². The van der Waals surface area contributed by atoms with Gasteiger partial charge in [0.1, 0.15) is 11.5 Å². The number of nitrogens with one attached hydrogen (secondary N) is 2. The van der Waals surface area contributed by atoms with Crippen LogP contribution in [0.1, 0.15) is 22.3 Å². The molecular weight excluding hydrogens is 488 g/mol. The first kappa shape index (κ1) is 27.5. The van der Waals surface area contributed by atoms with Crippen LogP contribution in [0.2, 0.25) is 0 Å². The lowest BCUT2D eigenvalue weighted by Crippen LogP contribution is -2.30. The fourth-order valence-electron chi connectivity index (χ4n) is 4.02. The van der Waals surface area contributed by atoms with Gasteiger partial charge in [-0.25, -0.2) is 0 Å². The lowest BCUT2D eigenvalue weighted by Gasteiger charge is -2.10. The maximum absolute atomic E-state index is 12.1. The molecule has 0 saturated carbocycles. The van der Waals surface area contributed by atoms with E-state index < -0.39 is 0 Å². The van der Waals surface area contributed by atoms with Gasteiger partial charge in [0.25, 0.3) is 11.8 Å². The Kier molecular flexibility index (Phi) is 10.5. The van der Waals surface area contributed by atoms with Crippen LogP contribution in [0.5, 0.6) is 11.5 Å². The van der Waals surface area contributed by atoms with Crippen molar-refractivity contribution < 1.29 is 19.1 Å². The highest BCUT2D eigenvalue weighted by atomic mass is 16.5. The zero-order valence-electron chi connectivity index (χ0n) is 22.0. The number of benzene rings is 4. The van der Waals surface area contributed by atoms with Crippen LogP contribution in [0.4, 0.5) is 0 Å². The molecule has 0 atom stereocenters. The van der Waals surface area contributed by atoms with Crippen molar-refractivity contribution >= 4 is 11.8 Å². The molecule has 4 aromatic carbocycles. The zero-order valence-corrected chi connectivity index (χ0v) is 22.0. The average molecular weight is 523 g/mol. The molecule has 0 aromatic heterocycles. The van der Waals surface area contributed by atoms with Crippen LogP contribution in [0, 0.1) is 0 Å². The number of hydrogen-bond acceptors (Lipinski definition) is 4. The fourth-order valence-corrected chi connectivity index (χ4v) is 4.02. The van der Waals surface area contributed by atoms with Crippen LogP contribution in [-0.4, -0.2) is 38.1 Å². The number of carbonyl (C=O) groups excluding carboxylic acids is 2. The molecule has 6 nitrogen and oxygen atoms in total. The normalized spacial score (nSPS) is 10.5. The van der Waals surface area contributed by atoms with E-state index in [0.717, 1.165) is 30.4 Å². The molecule has 4 aromatic rings. The quantitative estimate of drug-likeness (QED) is 0.251. The first-order valence-corrected chi connectivity index (χ1v) is 13.2. The lowest BCUT2D eigenvalue weighted by atomic mass is 10.0. The Morgan fingerprint density at radius 2 is 0.872 bits per heavy atom. The standard InChI is InChI=1S/C33H34N2O4/c36-32(34-21-19-26-7-3-1-4-8-26)24-38-30-15-11-28(12-16-30)23-29-13-17-31(18-14-29)39-25-33(37)35-22-20-27-9-5-2-6-10-27/h1-18H,19-25H2,(H,34,36)(H,35,37). The van der Waals surface area contributed by atoms with Gasteiger partial charge in [-0.2, -0.15) is 0 Å². The van der Waals surface area contributed by atoms with Crippen molar-refractivity contribution in [3.05, 3.63) is 131 Å². The van der Waals surface area contributed by atoms with Crippen LogP contribution in [0.25, 0.3) is 0 Å². The van der Waals surface area contributed by atoms with Crippen LogP contribution >= 0.6 is 0 Å². The summed E-state index contributed by atoms with van der Waals surface area (Å²) in [6.45, 7) is 1.13. The van der Waals surface area contributed by atoms with E-state index >= 15 is 0 Å². The van der Waals surface area contributed by atoms with E-state index in [1.807, 2.05) is 109 Å². The molecular formula is C33H34N2O4. The van der Waals surface area contributed by atoms with Gasteiger partial charge in [0.05, 0.1) is 0 Å². The smallest absolute Gasteiger partial charge is 0.257 e. The maximum atomic E-state index is 12.1. The Balaban J connectivity index is 1.12. The summed E-state index contributed by atoms with van der Waals surface area (Å²) in [5, 5.41) is 5.77. The van der Waals surface area contributed by atoms with E-state index in [1.165, 1.54) is 11.1 Å². The summed E-state index contributed by atoms with van der Waals surface area (Å²) in [6, 6.07) is 35.6. The summed E-state index contributed by atoms with van der Waals surface area (Å²) in [4.78, 5) is 24.1. The monoisotopic (exact) mass is 522 g/mol. The lowest BCUT2D eigenvalue weighted by molar-refractivity contribution is -0.123. The molecule has 6 heteroatoms. The van der Waals surface area contributed by atoms with Gasteiger partial charge in [0, 0.05) is 13.1 Å². The number of ether oxygens (including phenoxy) is 2. The van der Waals surface area contributed by atoms with Crippen LogP contribution < -0.4 is 20.1 Å². The van der Waals surface area contributed by atoms with Gasteiger partial charge in [0.15, 0.2) is 13.2 Å². The van der Waals surface area contributed by atoms with E-state index in [2.05, 4.69) is 10.6 Å². The van der Waals surface area contributed by atoms with Crippen molar-refractivity contribution in [1.29, 1.82) is 0 Å². The predicted molar refractivity (Wildman–Crippen MR) is 153 cm³/mol. The zero-order chi connectivity index (χ0) is 27.1. The van der Waals surface area contributed by atoms with Crippen molar-refractivity contribution in [3.8, 4) is 11.5 Å². The maximum Gasteiger partial charge on any atom is 0.257 e. The van der Waals surface area contributed by atoms with E-state index in [0.29, 0.717) is 24.6 Å². The molecule has 0 saturated heterocycles. The minimum absolute atomic E-state index is 0.0132. The summed E-state index contributed by atoms with van der Waals surface area (Å²) in [6.07, 6.45) is 2.33. The van der Waals surface area contributed by atoms with Gasteiger partial charge < -0.3 is 20.1 Å². The van der Waals surface area contributed by atoms with Crippen molar-refractivity contribution in [1.82, 2.24) is 10.6 Å². The molecule has 0 aliphatic carbocycles. The van der Waals surface area contributed by atoms with Gasteiger partial charge in [-0.15, -0.1) is 0 Å². The first-order chi connectivity index (χ1) is 19.1. The van der Waals surface area contributed by atoms with Crippen molar-refractivity contribution in [2.45, 2.75) is 19.3 Å². The van der Waals surface area contributed by atoms with E-state index in [4.69, 9.17) is 9.47 Å². The summed E-state index contributed by atoms with van der Waals surface area (Å²) >= 11 is 0. The summed E-state index contributed by atoms with van der Waals surface area (Å²) < 4.78 is 11.2. The van der Waals surface area contributed by atoms with Crippen molar-refractivity contribution in [2.24, 2.45) is 0 Å². The van der Waals surface area contributed by atoms with Crippen molar-refractivity contribution in [2.75, 3.05) is 26.3 Å². The number of carbonyl (C=O) groups is 2. The third-order valence-electron chi connectivity index (χ3n) is 6.15. The topological polar surface area (TPSA) is 76.7 Å². The molecule has 2 amide bonds. The first-order valence-electron chi connectivity index (χ1n) is 13.2. The molecule has 0 heterocycles. The van der Waals surface area contributed by atoms with Crippen LogP contribution in [0.3, 0.4) is 0 Å². The second-order valence-corrected chi connectivity index (χ2v) is 9.21. The number of amides is 2. The van der Waals surface area contributed by atoms with Crippen molar-refractivity contribution in [3.63, 3.8) is 0 Å². The van der Waals surface area contributed by atoms with Gasteiger partial charge in [-0.3, -0.25) is 9.59 Å². The SMILES string of the molecule is O=C(COc1ccc(Cc2ccc(OCC(=O)NCCc3ccccc3)cc2)cc1)NCCc1ccccc1. The van der Waals surface area contributed by atoms with Gasteiger partial charge >= 0.3 is 0 Å². The molecule has 39 heavy (non-hydrogen) atoms. The summed E-state index contributed by atoms with van der Waals surface area (Å²) in [5.74, 6) is 1.04. The molecule has 0 aliphatic rings. The Hall–Kier alpha value is -4.58. The largest absolute Gasteiger partial charge is 0.484 e. The Morgan fingerprint density at radius 1 is 0.487 bits per heavy atom. The number of hydrogen-bond donors (Lipinski definition) is 2. The minimum Gasteiger partial charge on any atom is -0.484 e. The summed E-state index contributed by atoms with van der Waals surface area (Å²) in [5.41, 5.74) is 4.63. The average Bonchev–Trinajstić information content (AvgIpc) is 2.97. The van der Waals surface area contributed by atoms with E-state index in [9.17, 15) is 9.59 Å². The molecule has 0 unspecified atom stereocenters. The highest BCUT2D eigenvalue weighted by Crippen LogP contribution is 2.18. The fraction of sp³-hybridized carbons (Fsp3) is 0.212. The third-order valence-corrected chi connectivity index (χ3v) is 6.15. The highest BCUT2D eigenvalue weighted by Gasteiger charge is 2.05. The number of rotatable bonds is 14. The Morgan fingerprint density at radius 3 is 1.26 bits per heavy atom. The van der Waals surface area contributed by atoms with Gasteiger partial charge in [-0.1, -0.05) is 84.9 Å². The predicted octanol–water partition coefficient (Wildman–Crippen LogP) is 4.75. The second-order valence-electron chi connectivity index (χ2n) is 9.21. The summed E-state index contributed by atoms with van der Waals surface area (Å²) in [7, 11) is 0. The molecule has 0 bridgehead atoms. The second kappa shape index (κ2) is 15.0. The van der Waals surface area contributed by atoms with E-state index in [-0.39, 0.29) is 25.0 Å². The molecule has 200 valence electrons. The minimum atomic E-state index is -0.137.